The molecule has 0 bridgehead atoms. The summed E-state index contributed by atoms with van der Waals surface area (Å²) in [4.78, 5) is 21.0. The molecule has 0 saturated heterocycles. The number of hydrogen-bond donors (Lipinski definition) is 3. The molecule has 8 nitrogen and oxygen atoms in total. The van der Waals surface area contributed by atoms with Gasteiger partial charge in [-0.15, -0.1) is 0 Å². The molecule has 0 aliphatic heterocycles. The summed E-state index contributed by atoms with van der Waals surface area (Å²) >= 11 is 3.45. The summed E-state index contributed by atoms with van der Waals surface area (Å²) in [6, 6.07) is 7.21. The number of hydrogen-bond acceptors (Lipinski definition) is 7. The van der Waals surface area contributed by atoms with E-state index in [1.54, 1.807) is 39.6 Å². The first-order valence-electron chi connectivity index (χ1n) is 8.91. The van der Waals surface area contributed by atoms with Crippen LogP contribution in [0.25, 0.3) is 0 Å². The fourth-order valence-electron chi connectivity index (χ4n) is 2.86. The van der Waals surface area contributed by atoms with E-state index in [1.165, 1.54) is 0 Å². The van der Waals surface area contributed by atoms with Crippen molar-refractivity contribution < 1.29 is 14.3 Å². The van der Waals surface area contributed by atoms with Gasteiger partial charge in [-0.1, -0.05) is 12.1 Å². The SMILES string of the molecule is CNC(=O)c1ccccc1Nc1nc(NC2=CC=C(OC)C(OC)C2)ncc1Br. The minimum atomic E-state index is -0.185. The van der Waals surface area contributed by atoms with Crippen LogP contribution in [0.5, 0.6) is 0 Å². The summed E-state index contributed by atoms with van der Waals surface area (Å²) in [6.07, 6.45) is 5.86. The van der Waals surface area contributed by atoms with Crippen LogP contribution in [0, 0.1) is 0 Å². The molecular weight excluding hydrogens is 438 g/mol. The topological polar surface area (TPSA) is 97.4 Å². The zero-order valence-corrected chi connectivity index (χ0v) is 17.9. The number of anilines is 3. The number of carbonyl (C=O) groups is 1. The van der Waals surface area contributed by atoms with Gasteiger partial charge in [-0.25, -0.2) is 4.98 Å². The molecule has 0 fully saturated rings. The average Bonchev–Trinajstić information content (AvgIpc) is 2.75. The van der Waals surface area contributed by atoms with E-state index in [4.69, 9.17) is 9.47 Å². The Hall–Kier alpha value is -2.91. The smallest absolute Gasteiger partial charge is 0.253 e. The minimum absolute atomic E-state index is 0.167. The molecule has 1 aliphatic carbocycles. The highest BCUT2D eigenvalue weighted by atomic mass is 79.9. The number of allylic oxidation sites excluding steroid dienone is 2. The lowest BCUT2D eigenvalue weighted by molar-refractivity contribution is 0.0776. The molecule has 1 aliphatic rings. The van der Waals surface area contributed by atoms with Crippen LogP contribution in [0.1, 0.15) is 16.8 Å². The van der Waals surface area contributed by atoms with Crippen LogP contribution in [0.3, 0.4) is 0 Å². The highest BCUT2D eigenvalue weighted by molar-refractivity contribution is 9.10. The van der Waals surface area contributed by atoms with E-state index in [9.17, 15) is 4.79 Å². The third kappa shape index (κ3) is 4.93. The third-order valence-electron chi connectivity index (χ3n) is 4.36. The van der Waals surface area contributed by atoms with E-state index in [-0.39, 0.29) is 12.0 Å². The quantitative estimate of drug-likeness (QED) is 0.581. The van der Waals surface area contributed by atoms with E-state index in [1.807, 2.05) is 24.3 Å². The maximum atomic E-state index is 12.1. The first-order chi connectivity index (χ1) is 14.0. The largest absolute Gasteiger partial charge is 0.498 e. The molecule has 1 heterocycles. The Labute approximate surface area is 177 Å². The Morgan fingerprint density at radius 2 is 2.00 bits per heavy atom. The number of aromatic nitrogens is 2. The van der Waals surface area contributed by atoms with Crippen molar-refractivity contribution in [2.24, 2.45) is 0 Å². The second kappa shape index (κ2) is 9.53. The molecule has 29 heavy (non-hydrogen) atoms. The van der Waals surface area contributed by atoms with Crippen molar-refractivity contribution in [2.75, 3.05) is 31.9 Å². The number of carbonyl (C=O) groups excluding carboxylic acids is 1. The Kier molecular flexibility index (Phi) is 6.84. The summed E-state index contributed by atoms with van der Waals surface area (Å²) in [7, 11) is 4.86. The zero-order chi connectivity index (χ0) is 20.8. The summed E-state index contributed by atoms with van der Waals surface area (Å²) < 4.78 is 11.4. The van der Waals surface area contributed by atoms with Crippen LogP contribution in [-0.2, 0) is 9.47 Å². The van der Waals surface area contributed by atoms with Gasteiger partial charge in [0.05, 0.1) is 22.8 Å². The molecule has 1 amide bonds. The van der Waals surface area contributed by atoms with Gasteiger partial charge in [0.2, 0.25) is 5.95 Å². The Bertz CT molecular complexity index is 961. The van der Waals surface area contributed by atoms with Gasteiger partial charge in [-0.3, -0.25) is 4.79 Å². The number of nitrogens with one attached hydrogen (secondary N) is 3. The van der Waals surface area contributed by atoms with Crippen molar-refractivity contribution in [1.82, 2.24) is 15.3 Å². The lowest BCUT2D eigenvalue weighted by Gasteiger charge is -2.23. The van der Waals surface area contributed by atoms with Gasteiger partial charge in [-0.2, -0.15) is 4.98 Å². The highest BCUT2D eigenvalue weighted by Gasteiger charge is 2.20. The third-order valence-corrected chi connectivity index (χ3v) is 4.94. The summed E-state index contributed by atoms with van der Waals surface area (Å²) in [5.74, 6) is 1.54. The van der Waals surface area contributed by atoms with Crippen LogP contribution >= 0.6 is 15.9 Å². The van der Waals surface area contributed by atoms with Crippen LogP contribution in [0.2, 0.25) is 0 Å². The highest BCUT2D eigenvalue weighted by Crippen LogP contribution is 2.28. The number of halogens is 1. The fourth-order valence-corrected chi connectivity index (χ4v) is 3.15. The predicted molar refractivity (Wildman–Crippen MR) is 115 cm³/mol. The number of ether oxygens (including phenoxy) is 2. The maximum absolute atomic E-state index is 12.1. The molecule has 1 aromatic carbocycles. The van der Waals surface area contributed by atoms with Gasteiger partial charge in [0.25, 0.3) is 5.91 Å². The number of amides is 1. The number of nitrogens with zero attached hydrogens (tertiary/aromatic N) is 2. The van der Waals surface area contributed by atoms with Crippen LogP contribution < -0.4 is 16.0 Å². The molecule has 1 atom stereocenters. The summed E-state index contributed by atoms with van der Waals surface area (Å²) in [5.41, 5.74) is 2.06. The summed E-state index contributed by atoms with van der Waals surface area (Å²) in [6.45, 7) is 0. The van der Waals surface area contributed by atoms with E-state index in [2.05, 4.69) is 41.8 Å². The maximum Gasteiger partial charge on any atom is 0.253 e. The molecule has 3 N–H and O–H groups in total. The molecule has 152 valence electrons. The molecule has 1 aromatic heterocycles. The van der Waals surface area contributed by atoms with E-state index >= 15 is 0 Å². The molecule has 0 radical (unpaired) electrons. The normalized spacial score (nSPS) is 15.8. The molecular formula is C20H22BrN5O3. The van der Waals surface area contributed by atoms with Crippen molar-refractivity contribution in [3.05, 3.63) is 64.1 Å². The number of benzene rings is 1. The molecule has 1 unspecified atom stereocenters. The van der Waals surface area contributed by atoms with Crippen molar-refractivity contribution in [2.45, 2.75) is 12.5 Å². The monoisotopic (exact) mass is 459 g/mol. The van der Waals surface area contributed by atoms with Crippen LogP contribution in [-0.4, -0.2) is 43.2 Å². The van der Waals surface area contributed by atoms with Crippen molar-refractivity contribution >= 4 is 39.3 Å². The lowest BCUT2D eigenvalue weighted by atomic mass is 10.1. The van der Waals surface area contributed by atoms with Gasteiger partial charge < -0.3 is 25.4 Å². The van der Waals surface area contributed by atoms with Gasteiger partial charge >= 0.3 is 0 Å². The van der Waals surface area contributed by atoms with Crippen molar-refractivity contribution in [3.63, 3.8) is 0 Å². The molecule has 0 saturated carbocycles. The van der Waals surface area contributed by atoms with Gasteiger partial charge in [0.15, 0.2) is 0 Å². The number of rotatable bonds is 7. The summed E-state index contributed by atoms with van der Waals surface area (Å²) in [5, 5.41) is 9.04. The lowest BCUT2D eigenvalue weighted by Crippen LogP contribution is -2.21. The number of para-hydroxylation sites is 1. The molecule has 3 rings (SSSR count). The molecule has 0 spiro atoms. The van der Waals surface area contributed by atoms with Crippen molar-refractivity contribution in [3.8, 4) is 0 Å². The fraction of sp³-hybridized carbons (Fsp3) is 0.250. The number of methoxy groups -OCH3 is 2. The molecule has 2 aromatic rings. The standard InChI is InChI=1S/C20H22BrN5O3/c1-22-19(27)13-6-4-5-7-15(13)25-18-14(21)11-23-20(26-18)24-12-8-9-16(28-2)17(10-12)29-3/h4-9,11,17H,10H2,1-3H3,(H,22,27)(H2,23,24,25,26). The predicted octanol–water partition coefficient (Wildman–Crippen LogP) is 3.59. The first kappa shape index (κ1) is 20.8. The second-order valence-corrected chi connectivity index (χ2v) is 7.01. The molecule has 9 heteroatoms. The van der Waals surface area contributed by atoms with Gasteiger partial charge in [-0.05, 0) is 40.2 Å². The van der Waals surface area contributed by atoms with E-state index in [0.717, 1.165) is 11.5 Å². The van der Waals surface area contributed by atoms with Crippen molar-refractivity contribution in [1.29, 1.82) is 0 Å². The van der Waals surface area contributed by atoms with E-state index in [0.29, 0.717) is 33.9 Å². The minimum Gasteiger partial charge on any atom is -0.498 e. The zero-order valence-electron chi connectivity index (χ0n) is 16.3. The van der Waals surface area contributed by atoms with E-state index < -0.39 is 0 Å². The second-order valence-electron chi connectivity index (χ2n) is 6.16. The van der Waals surface area contributed by atoms with Crippen LogP contribution in [0.15, 0.2) is 58.5 Å². The van der Waals surface area contributed by atoms with Gasteiger partial charge in [0.1, 0.15) is 17.7 Å². The average molecular weight is 460 g/mol. The Balaban J connectivity index is 1.82. The van der Waals surface area contributed by atoms with Crippen LogP contribution in [0.4, 0.5) is 17.5 Å². The Morgan fingerprint density at radius 1 is 1.21 bits per heavy atom. The Morgan fingerprint density at radius 3 is 2.72 bits per heavy atom. The van der Waals surface area contributed by atoms with Gasteiger partial charge in [0, 0.05) is 32.5 Å². The first-order valence-corrected chi connectivity index (χ1v) is 9.70.